The first-order valence-corrected chi connectivity index (χ1v) is 13.1. The Balaban J connectivity index is 1.48. The number of nitrogens with zero attached hydrogens (tertiary/aromatic N) is 1. The Kier molecular flexibility index (Phi) is 6.92. The van der Waals surface area contributed by atoms with E-state index in [0.29, 0.717) is 35.7 Å². The fourth-order valence-electron chi connectivity index (χ4n) is 4.10. The van der Waals surface area contributed by atoms with Crippen molar-refractivity contribution in [3.8, 4) is 5.75 Å². The van der Waals surface area contributed by atoms with Gasteiger partial charge in [0.15, 0.2) is 0 Å². The van der Waals surface area contributed by atoms with Crippen molar-refractivity contribution < 1.29 is 27.5 Å². The Morgan fingerprint density at radius 3 is 2.62 bits per heavy atom. The molecule has 1 saturated heterocycles. The van der Waals surface area contributed by atoms with E-state index in [1.54, 1.807) is 44.4 Å². The van der Waals surface area contributed by atoms with Gasteiger partial charge in [0, 0.05) is 23.5 Å². The molecule has 10 heteroatoms. The van der Waals surface area contributed by atoms with Gasteiger partial charge in [0.2, 0.25) is 15.9 Å². The number of aryl methyl sites for hydroxylation is 1. The number of benzene rings is 2. The summed E-state index contributed by atoms with van der Waals surface area (Å²) in [7, 11) is -0.855. The maximum atomic E-state index is 13.2. The van der Waals surface area contributed by atoms with Crippen LogP contribution in [0.5, 0.6) is 5.75 Å². The van der Waals surface area contributed by atoms with Crippen molar-refractivity contribution in [3.05, 3.63) is 52.9 Å². The molecule has 0 saturated carbocycles. The van der Waals surface area contributed by atoms with E-state index < -0.39 is 21.9 Å². The Bertz CT molecular complexity index is 1350. The van der Waals surface area contributed by atoms with Gasteiger partial charge in [-0.2, -0.15) is 4.31 Å². The summed E-state index contributed by atoms with van der Waals surface area (Å²) in [6.07, 6.45) is 1.20. The number of sulfonamides is 1. The molecular formula is C24H26N2O6S2. The highest BCUT2D eigenvalue weighted by Gasteiger charge is 2.33. The number of nitrogens with one attached hydrogen (secondary N) is 1. The first-order chi connectivity index (χ1) is 16.2. The molecule has 0 bridgehead atoms. The minimum atomic E-state index is -3.73. The van der Waals surface area contributed by atoms with Gasteiger partial charge in [-0.05, 0) is 73.2 Å². The van der Waals surface area contributed by atoms with Crippen LogP contribution in [0.1, 0.15) is 28.1 Å². The molecule has 8 nitrogen and oxygen atoms in total. The molecule has 2 heterocycles. The van der Waals surface area contributed by atoms with E-state index in [4.69, 9.17) is 9.47 Å². The highest BCUT2D eigenvalue weighted by Crippen LogP contribution is 2.30. The van der Waals surface area contributed by atoms with E-state index >= 15 is 0 Å². The van der Waals surface area contributed by atoms with Crippen LogP contribution in [0.25, 0.3) is 10.1 Å². The lowest BCUT2D eigenvalue weighted by Gasteiger charge is -2.31. The molecule has 1 aliphatic heterocycles. The number of hydrogen-bond donors (Lipinski definition) is 1. The number of anilines is 1. The average molecular weight is 503 g/mol. The molecule has 180 valence electrons. The van der Waals surface area contributed by atoms with Gasteiger partial charge in [-0.25, -0.2) is 13.2 Å². The van der Waals surface area contributed by atoms with Crippen LogP contribution in [-0.2, 0) is 19.6 Å². The van der Waals surface area contributed by atoms with E-state index in [0.717, 1.165) is 15.6 Å². The fraction of sp³-hybridized carbons (Fsp3) is 0.333. The molecule has 1 N–H and O–H groups in total. The molecule has 3 aromatic rings. The van der Waals surface area contributed by atoms with Crippen LogP contribution in [0, 0.1) is 12.8 Å². The third-order valence-corrected chi connectivity index (χ3v) is 8.89. The second kappa shape index (κ2) is 9.73. The standard InChI is InChI=1S/C24H26N2O6S2/c1-15-11-19(7-8-20(15)31-2)34(29,30)26-10-4-5-16(14-26)23(27)25-18-6-9-21-17(12-18)13-22(33-21)24(28)32-3/h6-9,11-13,16H,4-5,10,14H2,1-3H3,(H,25,27)/t16-/m0/s1. The van der Waals surface area contributed by atoms with E-state index in [1.807, 2.05) is 6.07 Å². The number of amides is 1. The first-order valence-electron chi connectivity index (χ1n) is 10.8. The molecule has 4 rings (SSSR count). The molecule has 1 atom stereocenters. The van der Waals surface area contributed by atoms with Crippen molar-refractivity contribution in [1.82, 2.24) is 4.31 Å². The van der Waals surface area contributed by atoms with Crippen LogP contribution >= 0.6 is 11.3 Å². The van der Waals surface area contributed by atoms with E-state index in [-0.39, 0.29) is 17.3 Å². The Hall–Kier alpha value is -2.95. The highest BCUT2D eigenvalue weighted by molar-refractivity contribution is 7.89. The Labute approximate surface area is 202 Å². The zero-order valence-corrected chi connectivity index (χ0v) is 20.8. The number of ether oxygens (including phenoxy) is 2. The Morgan fingerprint density at radius 1 is 1.12 bits per heavy atom. The van der Waals surface area contributed by atoms with Crippen molar-refractivity contribution in [1.29, 1.82) is 0 Å². The first kappa shape index (κ1) is 24.2. The third-order valence-electron chi connectivity index (χ3n) is 5.93. The number of hydrogen-bond acceptors (Lipinski definition) is 7. The number of methoxy groups -OCH3 is 2. The number of piperidine rings is 1. The summed E-state index contributed by atoms with van der Waals surface area (Å²) in [5.41, 5.74) is 1.33. The molecule has 0 unspecified atom stereocenters. The van der Waals surface area contributed by atoms with E-state index in [9.17, 15) is 18.0 Å². The van der Waals surface area contributed by atoms with Crippen molar-refractivity contribution >= 4 is 49.0 Å². The van der Waals surface area contributed by atoms with Crippen LogP contribution in [-0.4, -0.2) is 51.9 Å². The molecule has 2 aromatic carbocycles. The lowest BCUT2D eigenvalue weighted by atomic mass is 9.98. The maximum Gasteiger partial charge on any atom is 0.348 e. The minimum absolute atomic E-state index is 0.117. The number of thiophene rings is 1. The van der Waals surface area contributed by atoms with Gasteiger partial charge in [0.05, 0.1) is 25.0 Å². The topological polar surface area (TPSA) is 102 Å². The van der Waals surface area contributed by atoms with Crippen LogP contribution < -0.4 is 10.1 Å². The van der Waals surface area contributed by atoms with Gasteiger partial charge in [-0.1, -0.05) is 0 Å². The molecule has 34 heavy (non-hydrogen) atoms. The van der Waals surface area contributed by atoms with Crippen LogP contribution in [0.15, 0.2) is 47.4 Å². The maximum absolute atomic E-state index is 13.2. The van der Waals surface area contributed by atoms with Gasteiger partial charge in [-0.3, -0.25) is 4.79 Å². The summed E-state index contributed by atoms with van der Waals surface area (Å²) in [4.78, 5) is 25.4. The molecule has 0 aliphatic carbocycles. The number of carbonyl (C=O) groups is 2. The van der Waals surface area contributed by atoms with Gasteiger partial charge >= 0.3 is 5.97 Å². The van der Waals surface area contributed by atoms with Crippen molar-refractivity contribution in [2.24, 2.45) is 5.92 Å². The minimum Gasteiger partial charge on any atom is -0.496 e. The Morgan fingerprint density at radius 2 is 1.91 bits per heavy atom. The number of carbonyl (C=O) groups excluding carboxylic acids is 2. The number of fused-ring (bicyclic) bond motifs is 1. The molecule has 1 amide bonds. The molecular weight excluding hydrogens is 476 g/mol. The van der Waals surface area contributed by atoms with Crippen LogP contribution in [0.4, 0.5) is 5.69 Å². The van der Waals surface area contributed by atoms with Crippen molar-refractivity contribution in [2.45, 2.75) is 24.7 Å². The number of rotatable bonds is 6. The number of esters is 1. The summed E-state index contributed by atoms with van der Waals surface area (Å²) in [5.74, 6) is -0.473. The summed E-state index contributed by atoms with van der Waals surface area (Å²) >= 11 is 1.32. The molecule has 0 spiro atoms. The highest BCUT2D eigenvalue weighted by atomic mass is 32.2. The van der Waals surface area contributed by atoms with E-state index in [2.05, 4.69) is 5.32 Å². The second-order valence-electron chi connectivity index (χ2n) is 8.18. The predicted molar refractivity (Wildman–Crippen MR) is 131 cm³/mol. The molecule has 1 aliphatic rings. The quantitative estimate of drug-likeness (QED) is 0.511. The van der Waals surface area contributed by atoms with E-state index in [1.165, 1.54) is 28.8 Å². The SMILES string of the molecule is COC(=O)c1cc2cc(NC(=O)[C@H]3CCCN(S(=O)(=O)c4ccc(OC)c(C)c4)C3)ccc2s1. The average Bonchev–Trinajstić information content (AvgIpc) is 3.27. The molecule has 0 radical (unpaired) electrons. The van der Waals surface area contributed by atoms with Gasteiger partial charge in [-0.15, -0.1) is 11.3 Å². The zero-order chi connectivity index (χ0) is 24.5. The summed E-state index contributed by atoms with van der Waals surface area (Å²) < 4.78 is 38.7. The predicted octanol–water partition coefficient (Wildman–Crippen LogP) is 4.04. The van der Waals surface area contributed by atoms with Crippen LogP contribution in [0.3, 0.4) is 0 Å². The largest absolute Gasteiger partial charge is 0.496 e. The summed E-state index contributed by atoms with van der Waals surface area (Å²) in [6, 6.07) is 11.9. The lowest BCUT2D eigenvalue weighted by Crippen LogP contribution is -2.43. The second-order valence-corrected chi connectivity index (χ2v) is 11.2. The third kappa shape index (κ3) is 4.79. The van der Waals surface area contributed by atoms with Crippen molar-refractivity contribution in [3.63, 3.8) is 0 Å². The van der Waals surface area contributed by atoms with Gasteiger partial charge in [0.1, 0.15) is 10.6 Å². The summed E-state index contributed by atoms with van der Waals surface area (Å²) in [6.45, 7) is 2.28. The smallest absolute Gasteiger partial charge is 0.348 e. The van der Waals surface area contributed by atoms with Gasteiger partial charge in [0.25, 0.3) is 0 Å². The molecule has 1 fully saturated rings. The molecule has 1 aromatic heterocycles. The van der Waals surface area contributed by atoms with Crippen molar-refractivity contribution in [2.75, 3.05) is 32.6 Å². The van der Waals surface area contributed by atoms with Gasteiger partial charge < -0.3 is 14.8 Å². The van der Waals surface area contributed by atoms with Crippen LogP contribution in [0.2, 0.25) is 0 Å². The lowest BCUT2D eigenvalue weighted by molar-refractivity contribution is -0.120. The normalized spacial score (nSPS) is 16.9. The zero-order valence-electron chi connectivity index (χ0n) is 19.2. The summed E-state index contributed by atoms with van der Waals surface area (Å²) in [5, 5.41) is 3.73. The monoisotopic (exact) mass is 502 g/mol. The fourth-order valence-corrected chi connectivity index (χ4v) is 6.67.